The number of carbonyl (C=O) groups excluding carboxylic acids is 4. The van der Waals surface area contributed by atoms with E-state index in [1.165, 1.54) is 12.2 Å². The number of halogens is 2. The number of Topliss-reactive ketones (excluding diaryl/α,β-unsaturated/α-hetero) is 2. The predicted molar refractivity (Wildman–Crippen MR) is 203 cm³/mol. The molecule has 5 N–H and O–H groups in total. The smallest absolute Gasteiger partial charge is 0.190 e. The van der Waals surface area contributed by atoms with Gasteiger partial charge in [-0.05, 0) is 116 Å². The van der Waals surface area contributed by atoms with E-state index in [1.807, 2.05) is 33.8 Å². The van der Waals surface area contributed by atoms with E-state index >= 15 is 4.39 Å². The molecule has 0 amide bonds. The van der Waals surface area contributed by atoms with Gasteiger partial charge in [-0.25, -0.2) is 4.39 Å². The molecule has 6 saturated carbocycles. The fraction of sp³-hybridized carbons (Fsp3) is 0.727. The van der Waals surface area contributed by atoms with Crippen molar-refractivity contribution in [2.24, 2.45) is 69.0 Å². The third-order valence-electron chi connectivity index (χ3n) is 17.0. The van der Waals surface area contributed by atoms with Gasteiger partial charge in [0.1, 0.15) is 25.0 Å². The molecular weight excluding hydrogens is 727 g/mol. The predicted octanol–water partition coefficient (Wildman–Crippen LogP) is 4.80. The van der Waals surface area contributed by atoms with E-state index in [0.29, 0.717) is 31.3 Å². The molecule has 0 aromatic heterocycles. The number of allylic oxidation sites excluding steroid dienone is 8. The highest BCUT2D eigenvalue weighted by molar-refractivity contribution is 6.26. The maximum Gasteiger partial charge on any atom is 0.190 e. The molecule has 0 spiro atoms. The summed E-state index contributed by atoms with van der Waals surface area (Å²) < 4.78 is 15.3. The number of hydrogen-bond acceptors (Lipinski definition) is 9. The third-order valence-corrected chi connectivity index (χ3v) is 18.0. The Hall–Kier alpha value is -2.34. The summed E-state index contributed by atoms with van der Waals surface area (Å²) in [6.45, 7) is 10.8. The standard InChI is InChI=1S/C22H28ClFO4.C22H30O5/c1-11-6-13-14-8-16(24)15-7-12(26)4-5-21(15,3)22(14,23)18(28)9-20(13,2)19(11)17(27)10-25;1-12-8-14-15-5-7-22(27,18(26)11-23)21(15,3)10-17(25)19(14)20(2)6-4-13(24)9-16(12)20/h4-5,7,11,13-14,16,18-19,25,28H,6,8-10H2,1-3H3;4,6,9,12,14-15,17,19,23,25,27H,5,7-8,10-11H2,1-3H3/t11-,13+,14+,16+,18+,19-,20+,21+,22+;12-,14-,15-,17-,19+,20-,21-,22-/m10/s1. The lowest BCUT2D eigenvalue weighted by Crippen LogP contribution is -2.67. The van der Waals surface area contributed by atoms with Crippen LogP contribution in [0.1, 0.15) is 86.5 Å². The van der Waals surface area contributed by atoms with Crippen molar-refractivity contribution in [3.63, 3.8) is 0 Å². The van der Waals surface area contributed by atoms with Gasteiger partial charge in [0.15, 0.2) is 23.1 Å². The minimum absolute atomic E-state index is 0.00620. The van der Waals surface area contributed by atoms with Crippen molar-refractivity contribution in [3.05, 3.63) is 47.6 Å². The zero-order valence-electron chi connectivity index (χ0n) is 32.8. The Balaban J connectivity index is 0.000000169. The Bertz CT molecular complexity index is 1810. The molecule has 6 fully saturated rings. The number of aliphatic hydroxyl groups excluding tert-OH is 4. The van der Waals surface area contributed by atoms with E-state index in [2.05, 4.69) is 13.8 Å². The summed E-state index contributed by atoms with van der Waals surface area (Å²) in [4.78, 5) is 47.6. The lowest BCUT2D eigenvalue weighted by atomic mass is 9.45. The first kappa shape index (κ1) is 40.8. The highest BCUT2D eigenvalue weighted by Gasteiger charge is 2.72. The van der Waals surface area contributed by atoms with Crippen molar-refractivity contribution >= 4 is 34.7 Å². The maximum atomic E-state index is 15.3. The molecule has 0 aromatic carbocycles. The fourth-order valence-corrected chi connectivity index (χ4v) is 15.2. The number of aliphatic hydroxyl groups is 5. The molecule has 0 unspecified atom stereocenters. The minimum atomic E-state index is -1.57. The molecule has 0 aromatic rings. The van der Waals surface area contributed by atoms with Crippen molar-refractivity contribution < 1.29 is 49.1 Å². The molecule has 0 bridgehead atoms. The van der Waals surface area contributed by atoms with Crippen LogP contribution in [0.4, 0.5) is 4.39 Å². The van der Waals surface area contributed by atoms with E-state index < -0.39 is 64.1 Å². The first-order valence-electron chi connectivity index (χ1n) is 20.2. The van der Waals surface area contributed by atoms with Crippen molar-refractivity contribution in [1.29, 1.82) is 0 Å². The molecule has 8 aliphatic carbocycles. The van der Waals surface area contributed by atoms with Crippen LogP contribution in [0, 0.1) is 69.0 Å². The van der Waals surface area contributed by atoms with Gasteiger partial charge in [-0.3, -0.25) is 19.2 Å². The van der Waals surface area contributed by atoms with Gasteiger partial charge < -0.3 is 25.5 Å². The molecular formula is C44H58ClFO9. The molecule has 8 rings (SSSR count). The van der Waals surface area contributed by atoms with Crippen LogP contribution in [0.5, 0.6) is 0 Å². The van der Waals surface area contributed by atoms with E-state index in [0.717, 1.165) is 18.4 Å². The Labute approximate surface area is 328 Å². The van der Waals surface area contributed by atoms with Gasteiger partial charge in [0.2, 0.25) is 0 Å². The third kappa shape index (κ3) is 5.40. The number of alkyl halides is 2. The Kier molecular flexibility index (Phi) is 9.91. The molecule has 11 heteroatoms. The van der Waals surface area contributed by atoms with Crippen molar-refractivity contribution in [2.75, 3.05) is 13.2 Å². The second kappa shape index (κ2) is 13.3. The molecule has 9 nitrogen and oxygen atoms in total. The summed E-state index contributed by atoms with van der Waals surface area (Å²) in [5.74, 6) is -1.26. The van der Waals surface area contributed by atoms with E-state index in [-0.39, 0.29) is 76.5 Å². The molecule has 8 aliphatic rings. The monoisotopic (exact) mass is 784 g/mol. The Morgan fingerprint density at radius 1 is 0.873 bits per heavy atom. The lowest BCUT2D eigenvalue weighted by molar-refractivity contribution is -0.180. The lowest BCUT2D eigenvalue weighted by Gasteiger charge is -2.63. The van der Waals surface area contributed by atoms with Gasteiger partial charge in [-0.15, -0.1) is 11.6 Å². The summed E-state index contributed by atoms with van der Waals surface area (Å²) in [5, 5.41) is 52.7. The molecule has 302 valence electrons. The van der Waals surface area contributed by atoms with Crippen LogP contribution in [0.25, 0.3) is 0 Å². The van der Waals surface area contributed by atoms with Crippen LogP contribution in [0.3, 0.4) is 0 Å². The average Bonchev–Trinajstić information content (AvgIpc) is 3.55. The summed E-state index contributed by atoms with van der Waals surface area (Å²) in [6.07, 6.45) is 10.2. The zero-order chi connectivity index (χ0) is 40.4. The fourth-order valence-electron chi connectivity index (χ4n) is 14.7. The number of ketones is 4. The molecule has 0 heterocycles. The van der Waals surface area contributed by atoms with Crippen LogP contribution in [0.15, 0.2) is 47.6 Å². The quantitative estimate of drug-likeness (QED) is 0.252. The normalized spacial score (nSPS) is 51.9. The SMILES string of the molecule is C[C@@H]1C[C@H]2[C@@H]3C[C@H](F)C4=CC(=O)C=C[C@]4(C)[C@@]3(Cl)[C@@H](O)C[C@]2(C)[C@H]1C(=O)CO.C[C@H]1C[C@@H]2[C@H]([C@@H](O)C[C@@]3(C)[C@H]2CC[C@]3(O)C(=O)CO)[C@@]2(C)C=CC(=O)C=C12. The molecule has 0 saturated heterocycles. The zero-order valence-corrected chi connectivity index (χ0v) is 33.6. The second-order valence-electron chi connectivity index (χ2n) is 19.5. The van der Waals surface area contributed by atoms with E-state index in [4.69, 9.17) is 11.6 Å². The second-order valence-corrected chi connectivity index (χ2v) is 20.1. The number of carbonyl (C=O) groups is 4. The van der Waals surface area contributed by atoms with Crippen LogP contribution in [0.2, 0.25) is 0 Å². The summed E-state index contributed by atoms with van der Waals surface area (Å²) in [5.41, 5.74) is -2.74. The first-order chi connectivity index (χ1) is 25.6. The Morgan fingerprint density at radius 2 is 1.51 bits per heavy atom. The first-order valence-corrected chi connectivity index (χ1v) is 20.6. The number of hydrogen-bond donors (Lipinski definition) is 5. The maximum absolute atomic E-state index is 15.3. The summed E-state index contributed by atoms with van der Waals surface area (Å²) in [7, 11) is 0. The van der Waals surface area contributed by atoms with Gasteiger partial charge in [0.05, 0.1) is 17.1 Å². The minimum Gasteiger partial charge on any atom is -0.393 e. The summed E-state index contributed by atoms with van der Waals surface area (Å²) >= 11 is 7.24. The highest BCUT2D eigenvalue weighted by Crippen LogP contribution is 2.71. The molecule has 55 heavy (non-hydrogen) atoms. The molecule has 17 atom stereocenters. The average molecular weight is 785 g/mol. The molecule has 0 aliphatic heterocycles. The van der Waals surface area contributed by atoms with Gasteiger partial charge in [-0.1, -0.05) is 59.3 Å². The molecule has 0 radical (unpaired) electrons. The van der Waals surface area contributed by atoms with E-state index in [9.17, 15) is 44.7 Å². The van der Waals surface area contributed by atoms with Gasteiger partial charge >= 0.3 is 0 Å². The van der Waals surface area contributed by atoms with Gasteiger partial charge in [0.25, 0.3) is 0 Å². The topological polar surface area (TPSA) is 169 Å². The summed E-state index contributed by atoms with van der Waals surface area (Å²) in [6, 6.07) is 0. The van der Waals surface area contributed by atoms with Crippen molar-refractivity contribution in [2.45, 2.75) is 115 Å². The number of rotatable bonds is 4. The van der Waals surface area contributed by atoms with Gasteiger partial charge in [-0.2, -0.15) is 0 Å². The van der Waals surface area contributed by atoms with E-state index in [1.54, 1.807) is 18.2 Å². The van der Waals surface area contributed by atoms with Gasteiger partial charge in [0, 0.05) is 28.1 Å². The van der Waals surface area contributed by atoms with Crippen LogP contribution < -0.4 is 0 Å². The van der Waals surface area contributed by atoms with Crippen molar-refractivity contribution in [3.8, 4) is 0 Å². The van der Waals surface area contributed by atoms with Crippen molar-refractivity contribution in [1.82, 2.24) is 0 Å². The van der Waals surface area contributed by atoms with Crippen LogP contribution in [-0.4, -0.2) is 90.7 Å². The Morgan fingerprint density at radius 3 is 2.15 bits per heavy atom. The van der Waals surface area contributed by atoms with Crippen LogP contribution in [-0.2, 0) is 19.2 Å². The number of fused-ring (bicyclic) bond motifs is 10. The highest BCUT2D eigenvalue weighted by atomic mass is 35.5. The van der Waals surface area contributed by atoms with Crippen LogP contribution >= 0.6 is 11.6 Å². The largest absolute Gasteiger partial charge is 0.393 e.